The van der Waals surface area contributed by atoms with Gasteiger partial charge >= 0.3 is 0 Å². The van der Waals surface area contributed by atoms with E-state index in [-0.39, 0.29) is 6.10 Å². The lowest BCUT2D eigenvalue weighted by Crippen LogP contribution is -2.35. The van der Waals surface area contributed by atoms with Crippen molar-refractivity contribution in [1.29, 1.82) is 0 Å². The summed E-state index contributed by atoms with van der Waals surface area (Å²) in [7, 11) is 0. The van der Waals surface area contributed by atoms with Crippen LogP contribution >= 0.6 is 44.1 Å². The molecule has 1 unspecified atom stereocenters. The first-order valence-corrected chi connectivity index (χ1v) is 8.04. The lowest BCUT2D eigenvalue weighted by molar-refractivity contribution is 0.114. The second-order valence-electron chi connectivity index (χ2n) is 4.36. The summed E-state index contributed by atoms with van der Waals surface area (Å²) in [5, 5.41) is 6.81. The van der Waals surface area contributed by atoms with Crippen LogP contribution in [0.4, 0.5) is 5.82 Å². The Morgan fingerprint density at radius 2 is 2.37 bits per heavy atom. The molecule has 1 atom stereocenters. The van der Waals surface area contributed by atoms with E-state index in [0.717, 1.165) is 40.5 Å². The molecule has 2 rings (SSSR count). The maximum Gasteiger partial charge on any atom is 0.172 e. The maximum absolute atomic E-state index is 5.53. The third-order valence-corrected chi connectivity index (χ3v) is 4.96. The second kappa shape index (κ2) is 6.97. The minimum absolute atomic E-state index is 0.266. The van der Waals surface area contributed by atoms with Crippen molar-refractivity contribution in [1.82, 2.24) is 10.3 Å². The molecule has 19 heavy (non-hydrogen) atoms. The summed E-state index contributed by atoms with van der Waals surface area (Å²) < 4.78 is 7.40. The van der Waals surface area contributed by atoms with Crippen LogP contribution in [0.1, 0.15) is 18.4 Å². The Morgan fingerprint density at radius 3 is 3.05 bits per heavy atom. The largest absolute Gasteiger partial charge is 0.376 e. The number of anilines is 1. The number of nitrogens with zero attached hydrogens (tertiary/aromatic N) is 1. The molecule has 0 bridgehead atoms. The third kappa shape index (κ3) is 4.11. The van der Waals surface area contributed by atoms with Crippen LogP contribution in [0.25, 0.3) is 0 Å². The Kier molecular flexibility index (Phi) is 5.56. The molecule has 104 valence electrons. The van der Waals surface area contributed by atoms with E-state index in [4.69, 9.17) is 17.0 Å². The normalized spacial score (nSPS) is 18.4. The summed E-state index contributed by atoms with van der Waals surface area (Å²) in [5.74, 6) is 0.713. The van der Waals surface area contributed by atoms with Crippen LogP contribution in [0.5, 0.6) is 0 Å². The maximum atomic E-state index is 5.53. The molecule has 2 heterocycles. The molecule has 0 saturated carbocycles. The van der Waals surface area contributed by atoms with E-state index >= 15 is 0 Å². The molecule has 2 N–H and O–H groups in total. The Balaban J connectivity index is 1.89. The predicted molar refractivity (Wildman–Crippen MR) is 87.6 cm³/mol. The van der Waals surface area contributed by atoms with E-state index in [0.29, 0.717) is 10.9 Å². The van der Waals surface area contributed by atoms with Gasteiger partial charge in [-0.05, 0) is 69.4 Å². The van der Waals surface area contributed by atoms with Crippen molar-refractivity contribution in [2.24, 2.45) is 0 Å². The first-order valence-electron chi connectivity index (χ1n) is 6.05. The van der Waals surface area contributed by atoms with Gasteiger partial charge in [0.1, 0.15) is 5.82 Å². The monoisotopic (exact) mass is 407 g/mol. The topological polar surface area (TPSA) is 46.2 Å². The summed E-state index contributed by atoms with van der Waals surface area (Å²) >= 11 is 12.2. The molecule has 0 radical (unpaired) electrons. The Morgan fingerprint density at radius 1 is 1.58 bits per heavy atom. The number of ether oxygens (including phenoxy) is 1. The molecule has 1 aliphatic heterocycles. The van der Waals surface area contributed by atoms with Gasteiger partial charge < -0.3 is 15.4 Å². The summed E-state index contributed by atoms with van der Waals surface area (Å²) in [6.07, 6.45) is 4.24. The molecular weight excluding hydrogens is 394 g/mol. The number of pyridine rings is 1. The SMILES string of the molecule is Cc1c(Br)cnc(NC(=S)NCC2CCCO2)c1Br. The Bertz CT molecular complexity index is 478. The van der Waals surface area contributed by atoms with Gasteiger partial charge in [0.05, 0.1) is 10.6 Å². The highest BCUT2D eigenvalue weighted by molar-refractivity contribution is 9.11. The van der Waals surface area contributed by atoms with Gasteiger partial charge in [0.2, 0.25) is 0 Å². The highest BCUT2D eigenvalue weighted by Crippen LogP contribution is 2.29. The van der Waals surface area contributed by atoms with Gasteiger partial charge in [-0.25, -0.2) is 4.98 Å². The molecule has 1 saturated heterocycles. The van der Waals surface area contributed by atoms with Gasteiger partial charge in [0.15, 0.2) is 5.11 Å². The van der Waals surface area contributed by atoms with Crippen LogP contribution in [-0.4, -0.2) is 29.4 Å². The predicted octanol–water partition coefficient (Wildman–Crippen LogP) is 3.38. The van der Waals surface area contributed by atoms with Crippen molar-refractivity contribution in [3.63, 3.8) is 0 Å². The highest BCUT2D eigenvalue weighted by atomic mass is 79.9. The zero-order chi connectivity index (χ0) is 13.8. The van der Waals surface area contributed by atoms with Crippen LogP contribution < -0.4 is 10.6 Å². The van der Waals surface area contributed by atoms with Crippen molar-refractivity contribution in [3.05, 3.63) is 20.7 Å². The molecule has 0 spiro atoms. The smallest absolute Gasteiger partial charge is 0.172 e. The van der Waals surface area contributed by atoms with Gasteiger partial charge in [0, 0.05) is 23.8 Å². The van der Waals surface area contributed by atoms with Crippen LogP contribution in [0, 0.1) is 6.92 Å². The van der Waals surface area contributed by atoms with E-state index in [1.54, 1.807) is 6.20 Å². The van der Waals surface area contributed by atoms with Crippen molar-refractivity contribution >= 4 is 55.0 Å². The fraction of sp³-hybridized carbons (Fsp3) is 0.500. The Labute approximate surface area is 135 Å². The summed E-state index contributed by atoms with van der Waals surface area (Å²) in [6.45, 7) is 3.59. The third-order valence-electron chi connectivity index (χ3n) is 2.95. The molecule has 7 heteroatoms. The molecule has 1 aliphatic rings. The van der Waals surface area contributed by atoms with Gasteiger partial charge in [-0.15, -0.1) is 0 Å². The number of hydrogen-bond donors (Lipinski definition) is 2. The van der Waals surface area contributed by atoms with Crippen molar-refractivity contribution in [2.45, 2.75) is 25.9 Å². The molecule has 1 fully saturated rings. The molecular formula is C12H15Br2N3OS. The zero-order valence-corrected chi connectivity index (χ0v) is 14.5. The Hall–Kier alpha value is -0.240. The van der Waals surface area contributed by atoms with E-state index in [1.807, 2.05) is 6.92 Å². The van der Waals surface area contributed by atoms with Gasteiger partial charge in [0.25, 0.3) is 0 Å². The average Bonchev–Trinajstić information content (AvgIpc) is 2.90. The van der Waals surface area contributed by atoms with Crippen molar-refractivity contribution in [3.8, 4) is 0 Å². The number of thiocarbonyl (C=S) groups is 1. The molecule has 1 aromatic rings. The molecule has 0 aromatic carbocycles. The minimum atomic E-state index is 0.266. The van der Waals surface area contributed by atoms with E-state index in [9.17, 15) is 0 Å². The van der Waals surface area contributed by atoms with E-state index < -0.39 is 0 Å². The van der Waals surface area contributed by atoms with E-state index in [1.165, 1.54) is 0 Å². The second-order valence-corrected chi connectivity index (χ2v) is 6.42. The standard InChI is InChI=1S/C12H15Br2N3OS/c1-7-9(13)6-15-11(10(7)14)17-12(19)16-5-8-3-2-4-18-8/h6,8H,2-5H2,1H3,(H2,15,16,17,19). The number of aromatic nitrogens is 1. The van der Waals surface area contributed by atoms with Gasteiger partial charge in [-0.1, -0.05) is 0 Å². The van der Waals surface area contributed by atoms with Crippen LogP contribution in [-0.2, 0) is 4.74 Å². The molecule has 1 aromatic heterocycles. The summed E-state index contributed by atoms with van der Waals surface area (Å²) in [4.78, 5) is 4.29. The minimum Gasteiger partial charge on any atom is -0.376 e. The summed E-state index contributed by atoms with van der Waals surface area (Å²) in [6, 6.07) is 0. The van der Waals surface area contributed by atoms with E-state index in [2.05, 4.69) is 47.5 Å². The number of nitrogens with one attached hydrogen (secondary N) is 2. The first-order chi connectivity index (χ1) is 9.08. The lowest BCUT2D eigenvalue weighted by Gasteiger charge is -2.15. The fourth-order valence-electron chi connectivity index (χ4n) is 1.81. The number of halogens is 2. The van der Waals surface area contributed by atoms with Crippen LogP contribution in [0.2, 0.25) is 0 Å². The number of rotatable bonds is 3. The lowest BCUT2D eigenvalue weighted by atomic mass is 10.2. The van der Waals surface area contributed by atoms with Crippen molar-refractivity contribution in [2.75, 3.05) is 18.5 Å². The average molecular weight is 409 g/mol. The van der Waals surface area contributed by atoms with Gasteiger partial charge in [-0.3, -0.25) is 0 Å². The molecule has 4 nitrogen and oxygen atoms in total. The molecule has 0 aliphatic carbocycles. The molecule has 0 amide bonds. The van der Waals surface area contributed by atoms with Gasteiger partial charge in [-0.2, -0.15) is 0 Å². The van der Waals surface area contributed by atoms with Crippen LogP contribution in [0.15, 0.2) is 15.1 Å². The number of hydrogen-bond acceptors (Lipinski definition) is 3. The zero-order valence-electron chi connectivity index (χ0n) is 10.5. The van der Waals surface area contributed by atoms with Crippen LogP contribution in [0.3, 0.4) is 0 Å². The highest BCUT2D eigenvalue weighted by Gasteiger charge is 2.16. The summed E-state index contributed by atoms with van der Waals surface area (Å²) in [5.41, 5.74) is 1.08. The fourth-order valence-corrected chi connectivity index (χ4v) is 2.97. The van der Waals surface area contributed by atoms with Crippen molar-refractivity contribution < 1.29 is 4.74 Å². The first kappa shape index (κ1) is 15.2. The quantitative estimate of drug-likeness (QED) is 0.750.